The smallest absolute Gasteiger partial charge is 0.255 e. The SMILES string of the molecule is Cc1cc(F)cc(NC(=O)c2ccc(Cl)cc2)c1. The first-order valence-corrected chi connectivity index (χ1v) is 5.76. The molecule has 2 aromatic rings. The van der Waals surface area contributed by atoms with Crippen molar-refractivity contribution in [1.29, 1.82) is 0 Å². The lowest BCUT2D eigenvalue weighted by Gasteiger charge is -2.06. The van der Waals surface area contributed by atoms with Crippen molar-refractivity contribution in [2.24, 2.45) is 0 Å². The number of carbonyl (C=O) groups is 1. The van der Waals surface area contributed by atoms with Gasteiger partial charge in [0.2, 0.25) is 0 Å². The number of hydrogen-bond acceptors (Lipinski definition) is 1. The Bertz CT molecular complexity index is 561. The number of hydrogen-bond donors (Lipinski definition) is 1. The standard InChI is InChI=1S/C14H11ClFNO/c1-9-6-12(16)8-13(7-9)17-14(18)10-2-4-11(15)5-3-10/h2-8H,1H3,(H,17,18). The first kappa shape index (κ1) is 12.6. The average Bonchev–Trinajstić information content (AvgIpc) is 2.28. The van der Waals surface area contributed by atoms with E-state index in [1.54, 1.807) is 37.3 Å². The molecule has 0 atom stereocenters. The van der Waals surface area contributed by atoms with Gasteiger partial charge in [0.1, 0.15) is 5.82 Å². The second-order valence-electron chi connectivity index (χ2n) is 3.98. The van der Waals surface area contributed by atoms with Crippen molar-refractivity contribution in [2.75, 3.05) is 5.32 Å². The zero-order valence-electron chi connectivity index (χ0n) is 9.71. The molecule has 0 spiro atoms. The molecular weight excluding hydrogens is 253 g/mol. The number of rotatable bonds is 2. The van der Waals surface area contributed by atoms with Gasteiger partial charge in [0.05, 0.1) is 0 Å². The Morgan fingerprint density at radius 1 is 1.17 bits per heavy atom. The van der Waals surface area contributed by atoms with Crippen molar-refractivity contribution in [1.82, 2.24) is 0 Å². The summed E-state index contributed by atoms with van der Waals surface area (Å²) in [7, 11) is 0. The number of nitrogens with one attached hydrogen (secondary N) is 1. The highest BCUT2D eigenvalue weighted by Crippen LogP contribution is 2.15. The molecule has 1 N–H and O–H groups in total. The lowest BCUT2D eigenvalue weighted by Crippen LogP contribution is -2.11. The van der Waals surface area contributed by atoms with Gasteiger partial charge in [0.15, 0.2) is 0 Å². The van der Waals surface area contributed by atoms with E-state index in [-0.39, 0.29) is 11.7 Å². The number of halogens is 2. The van der Waals surface area contributed by atoms with Gasteiger partial charge in [-0.15, -0.1) is 0 Å². The molecular formula is C14H11ClFNO. The third-order valence-electron chi connectivity index (χ3n) is 2.41. The molecule has 4 heteroatoms. The van der Waals surface area contributed by atoms with E-state index in [4.69, 9.17) is 11.6 Å². The van der Waals surface area contributed by atoms with E-state index in [2.05, 4.69) is 5.32 Å². The summed E-state index contributed by atoms with van der Waals surface area (Å²) in [5, 5.41) is 3.20. The Kier molecular flexibility index (Phi) is 3.63. The van der Waals surface area contributed by atoms with Crippen molar-refractivity contribution < 1.29 is 9.18 Å². The Balaban J connectivity index is 2.18. The van der Waals surface area contributed by atoms with Crippen LogP contribution in [0.15, 0.2) is 42.5 Å². The van der Waals surface area contributed by atoms with Gasteiger partial charge >= 0.3 is 0 Å². The van der Waals surface area contributed by atoms with Crippen LogP contribution in [0.5, 0.6) is 0 Å². The second kappa shape index (κ2) is 5.19. The predicted octanol–water partition coefficient (Wildman–Crippen LogP) is 4.04. The number of amides is 1. The maximum atomic E-state index is 13.2. The third kappa shape index (κ3) is 3.08. The topological polar surface area (TPSA) is 29.1 Å². The zero-order valence-corrected chi connectivity index (χ0v) is 10.5. The lowest BCUT2D eigenvalue weighted by molar-refractivity contribution is 0.102. The lowest BCUT2D eigenvalue weighted by atomic mass is 10.2. The fraction of sp³-hybridized carbons (Fsp3) is 0.0714. The van der Waals surface area contributed by atoms with Crippen molar-refractivity contribution in [3.05, 3.63) is 64.4 Å². The first-order chi connectivity index (χ1) is 8.54. The van der Waals surface area contributed by atoms with E-state index in [1.165, 1.54) is 12.1 Å². The van der Waals surface area contributed by atoms with Crippen LogP contribution in [0.3, 0.4) is 0 Å². The summed E-state index contributed by atoms with van der Waals surface area (Å²) in [6.45, 7) is 1.76. The molecule has 0 aromatic heterocycles. The Labute approximate surface area is 109 Å². The largest absolute Gasteiger partial charge is 0.322 e. The minimum atomic E-state index is -0.374. The number of carbonyl (C=O) groups excluding carboxylic acids is 1. The number of anilines is 1. The minimum Gasteiger partial charge on any atom is -0.322 e. The maximum absolute atomic E-state index is 13.2. The van der Waals surface area contributed by atoms with Crippen molar-refractivity contribution >= 4 is 23.2 Å². The number of benzene rings is 2. The summed E-state index contributed by atoms with van der Waals surface area (Å²) in [6.07, 6.45) is 0. The Morgan fingerprint density at radius 3 is 2.44 bits per heavy atom. The van der Waals surface area contributed by atoms with Crippen LogP contribution >= 0.6 is 11.6 Å². The zero-order chi connectivity index (χ0) is 13.1. The van der Waals surface area contributed by atoms with Gasteiger partial charge in [-0.25, -0.2) is 4.39 Å². The molecule has 0 radical (unpaired) electrons. The van der Waals surface area contributed by atoms with Gasteiger partial charge in [0.25, 0.3) is 5.91 Å². The van der Waals surface area contributed by atoms with Crippen LogP contribution in [0.25, 0.3) is 0 Å². The Hall–Kier alpha value is -1.87. The van der Waals surface area contributed by atoms with Gasteiger partial charge in [0, 0.05) is 16.3 Å². The molecule has 2 aromatic carbocycles. The highest BCUT2D eigenvalue weighted by Gasteiger charge is 2.06. The van der Waals surface area contributed by atoms with E-state index >= 15 is 0 Å². The maximum Gasteiger partial charge on any atom is 0.255 e. The second-order valence-corrected chi connectivity index (χ2v) is 4.41. The fourth-order valence-electron chi connectivity index (χ4n) is 1.61. The molecule has 2 rings (SSSR count). The highest BCUT2D eigenvalue weighted by atomic mass is 35.5. The molecule has 0 unspecified atom stereocenters. The molecule has 0 heterocycles. The van der Waals surface area contributed by atoms with Crippen molar-refractivity contribution in [3.8, 4) is 0 Å². The summed E-state index contributed by atoms with van der Waals surface area (Å²) in [5.41, 5.74) is 1.66. The summed E-state index contributed by atoms with van der Waals surface area (Å²) in [4.78, 5) is 11.9. The van der Waals surface area contributed by atoms with Crippen LogP contribution in [0.2, 0.25) is 5.02 Å². The molecule has 1 amide bonds. The van der Waals surface area contributed by atoms with Crippen LogP contribution in [0.4, 0.5) is 10.1 Å². The first-order valence-electron chi connectivity index (χ1n) is 5.39. The summed E-state index contributed by atoms with van der Waals surface area (Å²) in [5.74, 6) is -0.668. The molecule has 18 heavy (non-hydrogen) atoms. The van der Waals surface area contributed by atoms with Gasteiger partial charge in [-0.3, -0.25) is 4.79 Å². The predicted molar refractivity (Wildman–Crippen MR) is 70.5 cm³/mol. The van der Waals surface area contributed by atoms with E-state index in [9.17, 15) is 9.18 Å². The molecule has 0 fully saturated rings. The van der Waals surface area contributed by atoms with Crippen molar-refractivity contribution in [2.45, 2.75) is 6.92 Å². The molecule has 0 aliphatic carbocycles. The van der Waals surface area contributed by atoms with Gasteiger partial charge in [-0.2, -0.15) is 0 Å². The van der Waals surface area contributed by atoms with Gasteiger partial charge < -0.3 is 5.32 Å². The third-order valence-corrected chi connectivity index (χ3v) is 2.66. The fourth-order valence-corrected chi connectivity index (χ4v) is 1.74. The molecule has 0 saturated carbocycles. The molecule has 92 valence electrons. The highest BCUT2D eigenvalue weighted by molar-refractivity contribution is 6.30. The molecule has 0 bridgehead atoms. The summed E-state index contributed by atoms with van der Waals surface area (Å²) < 4.78 is 13.2. The normalized spacial score (nSPS) is 10.2. The summed E-state index contributed by atoms with van der Waals surface area (Å²) in [6, 6.07) is 10.9. The average molecular weight is 264 g/mol. The molecule has 0 aliphatic heterocycles. The van der Waals surface area contributed by atoms with Crippen LogP contribution in [-0.4, -0.2) is 5.91 Å². The Morgan fingerprint density at radius 2 is 1.83 bits per heavy atom. The van der Waals surface area contributed by atoms with Gasteiger partial charge in [-0.1, -0.05) is 11.6 Å². The van der Waals surface area contributed by atoms with Gasteiger partial charge in [-0.05, 0) is 55.0 Å². The van der Waals surface area contributed by atoms with E-state index < -0.39 is 0 Å². The monoisotopic (exact) mass is 263 g/mol. The summed E-state index contributed by atoms with van der Waals surface area (Å²) >= 11 is 5.74. The number of aryl methyl sites for hydroxylation is 1. The molecule has 2 nitrogen and oxygen atoms in total. The van der Waals surface area contributed by atoms with Crippen LogP contribution in [-0.2, 0) is 0 Å². The minimum absolute atomic E-state index is 0.295. The van der Waals surface area contributed by atoms with E-state index in [0.29, 0.717) is 16.3 Å². The quantitative estimate of drug-likeness (QED) is 0.870. The van der Waals surface area contributed by atoms with E-state index in [1.807, 2.05) is 0 Å². The van der Waals surface area contributed by atoms with E-state index in [0.717, 1.165) is 5.56 Å². The van der Waals surface area contributed by atoms with Crippen LogP contribution < -0.4 is 5.32 Å². The van der Waals surface area contributed by atoms with Crippen LogP contribution in [0.1, 0.15) is 15.9 Å². The molecule has 0 aliphatic rings. The van der Waals surface area contributed by atoms with Crippen LogP contribution in [0, 0.1) is 12.7 Å². The van der Waals surface area contributed by atoms with Crippen molar-refractivity contribution in [3.63, 3.8) is 0 Å². The molecule has 0 saturated heterocycles.